The quantitative estimate of drug-likeness (QED) is 0.144. The Morgan fingerprint density at radius 2 is 0.783 bits per heavy atom. The van der Waals surface area contributed by atoms with Gasteiger partial charge in [0.2, 0.25) is 0 Å². The molecule has 13 rings (SSSR count). The molecule has 11 aromatic carbocycles. The summed E-state index contributed by atoms with van der Waals surface area (Å²) in [6, 6.07) is 96.1. The van der Waals surface area contributed by atoms with Gasteiger partial charge in [-0.15, -0.1) is 0 Å². The van der Waals surface area contributed by atoms with Crippen molar-refractivity contribution in [3.8, 4) is 61.3 Å². The van der Waals surface area contributed by atoms with Gasteiger partial charge in [-0.25, -0.2) is 0 Å². The molecule has 0 aliphatic rings. The van der Waals surface area contributed by atoms with Gasteiger partial charge in [0, 0.05) is 44.2 Å². The Hall–Kier alpha value is -9.18. The molecule has 0 amide bonds. The van der Waals surface area contributed by atoms with E-state index in [9.17, 15) is 0 Å². The molecule has 0 aliphatic heterocycles. The van der Waals surface area contributed by atoms with Crippen molar-refractivity contribution in [1.29, 1.82) is 0 Å². The zero-order valence-electron chi connectivity index (χ0n) is 37.7. The number of aromatic nitrogens is 1. The van der Waals surface area contributed by atoms with E-state index in [0.29, 0.717) is 0 Å². The second-order valence-electron chi connectivity index (χ2n) is 17.7. The molecule has 2 heterocycles. The Morgan fingerprint density at radius 3 is 1.52 bits per heavy atom. The van der Waals surface area contributed by atoms with Crippen LogP contribution in [0.15, 0.2) is 271 Å². The normalized spacial score (nSPS) is 11.5. The zero-order chi connectivity index (χ0) is 45.7. The van der Waals surface area contributed by atoms with Gasteiger partial charge in [-0.3, -0.25) is 0 Å². The number of nitrogens with zero attached hydrogens (tertiary/aromatic N) is 2. The highest BCUT2D eigenvalue weighted by Crippen LogP contribution is 2.44. The summed E-state index contributed by atoms with van der Waals surface area (Å²) in [6.45, 7) is 0. The number of furan rings is 1. The summed E-state index contributed by atoms with van der Waals surface area (Å²) in [7, 11) is 0. The maximum atomic E-state index is 6.35. The molecular formula is C66H44N2O. The van der Waals surface area contributed by atoms with Gasteiger partial charge in [0.05, 0.1) is 16.7 Å². The summed E-state index contributed by atoms with van der Waals surface area (Å²) in [4.78, 5) is 2.40. The van der Waals surface area contributed by atoms with Gasteiger partial charge in [-0.1, -0.05) is 194 Å². The minimum atomic E-state index is 0.885. The molecule has 0 fully saturated rings. The first-order valence-electron chi connectivity index (χ1n) is 23.6. The first-order valence-corrected chi connectivity index (χ1v) is 23.6. The molecule has 3 heteroatoms. The van der Waals surface area contributed by atoms with E-state index >= 15 is 0 Å². The van der Waals surface area contributed by atoms with Crippen LogP contribution in [0.3, 0.4) is 0 Å². The van der Waals surface area contributed by atoms with E-state index in [1.165, 1.54) is 49.6 Å². The van der Waals surface area contributed by atoms with E-state index in [0.717, 1.165) is 72.5 Å². The van der Waals surface area contributed by atoms with Crippen LogP contribution in [0, 0.1) is 0 Å². The first-order chi connectivity index (χ1) is 34.2. The lowest BCUT2D eigenvalue weighted by molar-refractivity contribution is 0.669. The van der Waals surface area contributed by atoms with Gasteiger partial charge < -0.3 is 13.9 Å². The molecule has 3 nitrogen and oxygen atoms in total. The maximum Gasteiger partial charge on any atom is 0.136 e. The Labute approximate surface area is 401 Å². The highest BCUT2D eigenvalue weighted by atomic mass is 16.3. The number of fused-ring (bicyclic) bond motifs is 6. The summed E-state index contributed by atoms with van der Waals surface area (Å²) >= 11 is 0. The highest BCUT2D eigenvalue weighted by molar-refractivity contribution is 6.13. The summed E-state index contributed by atoms with van der Waals surface area (Å²) in [5, 5.41) is 4.78. The van der Waals surface area contributed by atoms with Crippen LogP contribution in [-0.4, -0.2) is 4.57 Å². The van der Waals surface area contributed by atoms with E-state index in [2.05, 4.69) is 264 Å². The van der Waals surface area contributed by atoms with Crippen molar-refractivity contribution in [2.45, 2.75) is 0 Å². The number of anilines is 3. The van der Waals surface area contributed by atoms with Gasteiger partial charge in [-0.05, 0) is 123 Å². The van der Waals surface area contributed by atoms with Crippen molar-refractivity contribution < 1.29 is 4.42 Å². The fourth-order valence-corrected chi connectivity index (χ4v) is 10.3. The Balaban J connectivity index is 0.879. The lowest BCUT2D eigenvalue weighted by Gasteiger charge is -2.28. The van der Waals surface area contributed by atoms with Gasteiger partial charge in [0.1, 0.15) is 11.2 Å². The van der Waals surface area contributed by atoms with Crippen LogP contribution < -0.4 is 4.90 Å². The number of para-hydroxylation sites is 4. The third-order valence-corrected chi connectivity index (χ3v) is 13.6. The largest absolute Gasteiger partial charge is 0.456 e. The van der Waals surface area contributed by atoms with Crippen molar-refractivity contribution in [2.24, 2.45) is 0 Å². The Morgan fingerprint density at radius 1 is 0.290 bits per heavy atom. The van der Waals surface area contributed by atoms with Crippen LogP contribution in [0.4, 0.5) is 17.1 Å². The van der Waals surface area contributed by atoms with E-state index in [-0.39, 0.29) is 0 Å². The number of hydrogen-bond donors (Lipinski definition) is 0. The molecular weight excluding hydrogens is 837 g/mol. The predicted molar refractivity (Wildman–Crippen MR) is 290 cm³/mol. The van der Waals surface area contributed by atoms with Crippen LogP contribution in [0.1, 0.15) is 0 Å². The van der Waals surface area contributed by atoms with Crippen LogP contribution in [0.5, 0.6) is 0 Å². The third-order valence-electron chi connectivity index (χ3n) is 13.6. The zero-order valence-corrected chi connectivity index (χ0v) is 37.7. The molecule has 69 heavy (non-hydrogen) atoms. The molecule has 13 aromatic rings. The van der Waals surface area contributed by atoms with Crippen LogP contribution in [0.25, 0.3) is 105 Å². The number of rotatable bonds is 9. The molecule has 324 valence electrons. The molecule has 0 aliphatic carbocycles. The summed E-state index contributed by atoms with van der Waals surface area (Å²) in [5.41, 5.74) is 20.2. The summed E-state index contributed by atoms with van der Waals surface area (Å²) in [5.74, 6) is 0. The topological polar surface area (TPSA) is 21.3 Å². The number of benzene rings is 11. The summed E-state index contributed by atoms with van der Waals surface area (Å²) in [6.07, 6.45) is 0. The fraction of sp³-hybridized carbons (Fsp3) is 0. The second kappa shape index (κ2) is 16.9. The first kappa shape index (κ1) is 40.1. The Bertz CT molecular complexity index is 3940. The molecule has 2 aromatic heterocycles. The van der Waals surface area contributed by atoms with E-state index in [1.54, 1.807) is 0 Å². The maximum absolute atomic E-state index is 6.35. The van der Waals surface area contributed by atoms with Crippen molar-refractivity contribution in [2.75, 3.05) is 4.90 Å². The van der Waals surface area contributed by atoms with Crippen molar-refractivity contribution >= 4 is 60.8 Å². The summed E-state index contributed by atoms with van der Waals surface area (Å²) < 4.78 is 8.71. The average Bonchev–Trinajstić information content (AvgIpc) is 3.98. The second-order valence-corrected chi connectivity index (χ2v) is 17.7. The minimum absolute atomic E-state index is 0.885. The molecule has 0 spiro atoms. The van der Waals surface area contributed by atoms with E-state index in [1.807, 2.05) is 12.1 Å². The molecule has 0 N–H and O–H groups in total. The standard InChI is InChI=1S/C66H44N2O/c1-2-15-45(16-3-1)46-31-33-49(34-32-46)56-21-4-8-26-61(56)67(55-20-13-19-52(44-55)57-25-14-30-65-66(57)60-24-7-11-29-64(60)69-65)53-39-35-47(36-40-53)50-17-12-18-51(43-50)48-37-41-54(42-38-48)68-62-27-9-5-22-58(62)59-23-6-10-28-63(59)68/h1-44H. The van der Waals surface area contributed by atoms with Crippen LogP contribution in [-0.2, 0) is 0 Å². The third kappa shape index (κ3) is 7.16. The lowest BCUT2D eigenvalue weighted by atomic mass is 9.96. The molecule has 0 bridgehead atoms. The average molecular weight is 881 g/mol. The van der Waals surface area contributed by atoms with Gasteiger partial charge >= 0.3 is 0 Å². The van der Waals surface area contributed by atoms with Crippen LogP contribution >= 0.6 is 0 Å². The van der Waals surface area contributed by atoms with Crippen molar-refractivity contribution in [3.05, 3.63) is 267 Å². The smallest absolute Gasteiger partial charge is 0.136 e. The number of hydrogen-bond acceptors (Lipinski definition) is 2. The van der Waals surface area contributed by atoms with Gasteiger partial charge in [-0.2, -0.15) is 0 Å². The SMILES string of the molecule is c1ccc(-c2ccc(-c3ccccc3N(c3ccc(-c4cccc(-c5ccc(-n6c7ccccc7c7ccccc76)cc5)c4)cc3)c3cccc(-c4cccc5oc6ccccc6c45)c3)cc2)cc1. The molecule has 0 atom stereocenters. The lowest BCUT2D eigenvalue weighted by Crippen LogP contribution is -2.11. The Kier molecular flexibility index (Phi) is 9.84. The van der Waals surface area contributed by atoms with Crippen LogP contribution in [0.2, 0.25) is 0 Å². The molecule has 0 saturated heterocycles. The van der Waals surface area contributed by atoms with E-state index < -0.39 is 0 Å². The monoisotopic (exact) mass is 880 g/mol. The molecule has 0 saturated carbocycles. The predicted octanol–water partition coefficient (Wildman–Crippen LogP) is 18.5. The molecule has 0 radical (unpaired) electrons. The molecule has 0 unspecified atom stereocenters. The minimum Gasteiger partial charge on any atom is -0.456 e. The van der Waals surface area contributed by atoms with Gasteiger partial charge in [0.25, 0.3) is 0 Å². The van der Waals surface area contributed by atoms with Gasteiger partial charge in [0.15, 0.2) is 0 Å². The van der Waals surface area contributed by atoms with Crippen molar-refractivity contribution in [1.82, 2.24) is 4.57 Å². The van der Waals surface area contributed by atoms with Crippen molar-refractivity contribution in [3.63, 3.8) is 0 Å². The highest BCUT2D eigenvalue weighted by Gasteiger charge is 2.20. The van der Waals surface area contributed by atoms with E-state index in [4.69, 9.17) is 4.42 Å². The fourth-order valence-electron chi connectivity index (χ4n) is 10.3.